The lowest BCUT2D eigenvalue weighted by Crippen LogP contribution is -2.10. The Morgan fingerprint density at radius 3 is 2.61 bits per heavy atom. The summed E-state index contributed by atoms with van der Waals surface area (Å²) in [7, 11) is 0. The molecule has 1 N–H and O–H groups in total. The van der Waals surface area contributed by atoms with Crippen LogP contribution in [0.15, 0.2) is 18.2 Å². The topological polar surface area (TPSA) is 29.5 Å². The first-order valence-electron chi connectivity index (χ1n) is 5.41. The van der Waals surface area contributed by atoms with Crippen molar-refractivity contribution >= 4 is 11.8 Å². The van der Waals surface area contributed by atoms with Crippen LogP contribution in [0.25, 0.3) is 0 Å². The Labute approximate surface area is 108 Å². The molecule has 0 radical (unpaired) electrons. The van der Waals surface area contributed by atoms with Crippen molar-refractivity contribution in [2.45, 2.75) is 19.2 Å². The van der Waals surface area contributed by atoms with Gasteiger partial charge in [-0.2, -0.15) is 24.9 Å². The molecule has 102 valence electrons. The third-order valence-corrected chi connectivity index (χ3v) is 2.98. The standard InChI is InChI=1S/C12H15F3O2S/c1-18-6-2-5-17-11-4-3-9(8-16)7-10(11)12(13,14)15/h3-4,7,16H,2,5-6,8H2,1H3. The molecule has 1 aromatic carbocycles. The van der Waals surface area contributed by atoms with Crippen LogP contribution in [0.1, 0.15) is 17.5 Å². The van der Waals surface area contributed by atoms with Crippen LogP contribution >= 0.6 is 11.8 Å². The minimum atomic E-state index is -4.47. The van der Waals surface area contributed by atoms with E-state index in [0.29, 0.717) is 6.42 Å². The summed E-state index contributed by atoms with van der Waals surface area (Å²) in [5.74, 6) is 0.664. The quantitative estimate of drug-likeness (QED) is 0.810. The average Bonchev–Trinajstić information content (AvgIpc) is 2.33. The van der Waals surface area contributed by atoms with Crippen LogP contribution in [-0.4, -0.2) is 23.7 Å². The molecule has 2 nitrogen and oxygen atoms in total. The zero-order valence-electron chi connectivity index (χ0n) is 9.96. The van der Waals surface area contributed by atoms with Gasteiger partial charge in [0.15, 0.2) is 0 Å². The molecule has 0 aliphatic carbocycles. The molecule has 0 unspecified atom stereocenters. The summed E-state index contributed by atoms with van der Waals surface area (Å²) in [5, 5.41) is 8.85. The molecule has 0 saturated heterocycles. The normalized spacial score (nSPS) is 11.6. The predicted molar refractivity (Wildman–Crippen MR) is 65.9 cm³/mol. The number of hydrogen-bond donors (Lipinski definition) is 1. The van der Waals surface area contributed by atoms with Gasteiger partial charge >= 0.3 is 6.18 Å². The number of hydrogen-bond acceptors (Lipinski definition) is 3. The van der Waals surface area contributed by atoms with E-state index in [0.717, 1.165) is 11.8 Å². The summed E-state index contributed by atoms with van der Waals surface area (Å²) in [5.41, 5.74) is -0.614. The number of benzene rings is 1. The first-order valence-corrected chi connectivity index (χ1v) is 6.81. The van der Waals surface area contributed by atoms with Crippen molar-refractivity contribution < 1.29 is 23.0 Å². The van der Waals surface area contributed by atoms with Gasteiger partial charge in [0.2, 0.25) is 0 Å². The van der Waals surface area contributed by atoms with E-state index in [4.69, 9.17) is 9.84 Å². The van der Waals surface area contributed by atoms with Gasteiger partial charge in [-0.1, -0.05) is 6.07 Å². The minimum absolute atomic E-state index is 0.180. The lowest BCUT2D eigenvalue weighted by molar-refractivity contribution is -0.139. The molecule has 1 aromatic rings. The number of halogens is 3. The Balaban J connectivity index is 2.82. The van der Waals surface area contributed by atoms with Crippen LogP contribution in [0, 0.1) is 0 Å². The number of rotatable bonds is 6. The van der Waals surface area contributed by atoms with E-state index in [1.54, 1.807) is 11.8 Å². The lowest BCUT2D eigenvalue weighted by atomic mass is 10.1. The summed E-state index contributed by atoms with van der Waals surface area (Å²) >= 11 is 1.62. The fourth-order valence-electron chi connectivity index (χ4n) is 1.41. The van der Waals surface area contributed by atoms with Gasteiger partial charge in [0.25, 0.3) is 0 Å². The second-order valence-corrected chi connectivity index (χ2v) is 4.67. The van der Waals surface area contributed by atoms with Gasteiger partial charge in [-0.15, -0.1) is 0 Å². The molecule has 0 spiro atoms. The highest BCUT2D eigenvalue weighted by atomic mass is 32.2. The number of thioether (sulfide) groups is 1. The SMILES string of the molecule is CSCCCOc1ccc(CO)cc1C(F)(F)F. The molecule has 0 amide bonds. The number of alkyl halides is 3. The van der Waals surface area contributed by atoms with Crippen LogP contribution in [0.3, 0.4) is 0 Å². The highest BCUT2D eigenvalue weighted by Crippen LogP contribution is 2.36. The van der Waals surface area contributed by atoms with Gasteiger partial charge < -0.3 is 9.84 Å². The monoisotopic (exact) mass is 280 g/mol. The van der Waals surface area contributed by atoms with E-state index in [-0.39, 0.29) is 17.9 Å². The Bertz CT molecular complexity index is 380. The molecular weight excluding hydrogens is 265 g/mol. The van der Waals surface area contributed by atoms with E-state index in [2.05, 4.69) is 0 Å². The third kappa shape index (κ3) is 4.42. The van der Waals surface area contributed by atoms with Crippen LogP contribution in [-0.2, 0) is 12.8 Å². The van der Waals surface area contributed by atoms with Crippen LogP contribution in [0.4, 0.5) is 13.2 Å². The van der Waals surface area contributed by atoms with E-state index in [9.17, 15) is 13.2 Å². The molecule has 0 bridgehead atoms. The summed E-state index contributed by atoms with van der Waals surface area (Å²) in [6, 6.07) is 3.61. The maximum Gasteiger partial charge on any atom is 0.419 e. The van der Waals surface area contributed by atoms with Crippen molar-refractivity contribution in [3.05, 3.63) is 29.3 Å². The van der Waals surface area contributed by atoms with E-state index in [1.807, 2.05) is 6.26 Å². The first-order chi connectivity index (χ1) is 8.49. The molecule has 0 aromatic heterocycles. The zero-order chi connectivity index (χ0) is 13.6. The van der Waals surface area contributed by atoms with Gasteiger partial charge in [-0.3, -0.25) is 0 Å². The van der Waals surface area contributed by atoms with E-state index in [1.165, 1.54) is 12.1 Å². The molecule has 0 aliphatic heterocycles. The van der Waals surface area contributed by atoms with E-state index >= 15 is 0 Å². The Kier molecular flexibility index (Phi) is 5.81. The highest BCUT2D eigenvalue weighted by molar-refractivity contribution is 7.98. The fraction of sp³-hybridized carbons (Fsp3) is 0.500. The molecule has 18 heavy (non-hydrogen) atoms. The van der Waals surface area contributed by atoms with E-state index < -0.39 is 18.3 Å². The maximum absolute atomic E-state index is 12.8. The van der Waals surface area contributed by atoms with Crippen LogP contribution < -0.4 is 4.74 Å². The maximum atomic E-state index is 12.8. The predicted octanol–water partition coefficient (Wildman–Crippen LogP) is 3.33. The Morgan fingerprint density at radius 2 is 2.06 bits per heavy atom. The molecule has 0 atom stereocenters. The summed E-state index contributed by atoms with van der Waals surface area (Å²) < 4.78 is 43.5. The first kappa shape index (κ1) is 15.2. The second kappa shape index (κ2) is 6.89. The molecule has 0 heterocycles. The van der Waals surface area contributed by atoms with Gasteiger partial charge in [0, 0.05) is 0 Å². The molecular formula is C12H15F3O2S. The van der Waals surface area contributed by atoms with Crippen molar-refractivity contribution in [1.29, 1.82) is 0 Å². The molecule has 0 saturated carbocycles. The van der Waals surface area contributed by atoms with Crippen molar-refractivity contribution in [3.63, 3.8) is 0 Å². The van der Waals surface area contributed by atoms with Crippen molar-refractivity contribution in [1.82, 2.24) is 0 Å². The summed E-state index contributed by atoms with van der Waals surface area (Å²) in [6.45, 7) is -0.168. The van der Waals surface area contributed by atoms with Gasteiger partial charge in [-0.25, -0.2) is 0 Å². The summed E-state index contributed by atoms with van der Waals surface area (Å²) in [6.07, 6.45) is -1.85. The van der Waals surface area contributed by atoms with Crippen LogP contribution in [0.5, 0.6) is 5.75 Å². The zero-order valence-corrected chi connectivity index (χ0v) is 10.8. The van der Waals surface area contributed by atoms with Crippen molar-refractivity contribution in [2.24, 2.45) is 0 Å². The second-order valence-electron chi connectivity index (χ2n) is 3.68. The van der Waals surface area contributed by atoms with Gasteiger partial charge in [0.05, 0.1) is 18.8 Å². The third-order valence-electron chi connectivity index (χ3n) is 2.28. The number of ether oxygens (including phenoxy) is 1. The van der Waals surface area contributed by atoms with Crippen LogP contribution in [0.2, 0.25) is 0 Å². The van der Waals surface area contributed by atoms with Gasteiger partial charge in [-0.05, 0) is 36.1 Å². The molecule has 0 fully saturated rings. The highest BCUT2D eigenvalue weighted by Gasteiger charge is 2.34. The average molecular weight is 280 g/mol. The smallest absolute Gasteiger partial charge is 0.419 e. The lowest BCUT2D eigenvalue weighted by Gasteiger charge is -2.14. The van der Waals surface area contributed by atoms with Gasteiger partial charge in [0.1, 0.15) is 5.75 Å². The van der Waals surface area contributed by atoms with Crippen molar-refractivity contribution in [2.75, 3.05) is 18.6 Å². The van der Waals surface area contributed by atoms with Crippen molar-refractivity contribution in [3.8, 4) is 5.75 Å². The Hall–Kier alpha value is -0.880. The largest absolute Gasteiger partial charge is 0.493 e. The molecule has 1 rings (SSSR count). The Morgan fingerprint density at radius 1 is 1.33 bits per heavy atom. The summed E-state index contributed by atoms with van der Waals surface area (Å²) in [4.78, 5) is 0. The fourth-order valence-corrected chi connectivity index (χ4v) is 1.81. The molecule has 6 heteroatoms. The number of aliphatic hydroxyl groups excluding tert-OH is 1. The molecule has 0 aliphatic rings. The minimum Gasteiger partial charge on any atom is -0.493 e. The number of aliphatic hydroxyl groups is 1.